The van der Waals surface area contributed by atoms with Gasteiger partial charge in [0.15, 0.2) is 6.29 Å². The van der Waals surface area contributed by atoms with Crippen LogP contribution in [0.4, 0.5) is 0 Å². The van der Waals surface area contributed by atoms with E-state index in [4.69, 9.17) is 9.47 Å². The lowest BCUT2D eigenvalue weighted by molar-refractivity contribution is 0.0804. The molecule has 0 fully saturated rings. The Morgan fingerprint density at radius 1 is 0.714 bits per heavy atom. The minimum absolute atomic E-state index is 0.0515. The van der Waals surface area contributed by atoms with E-state index in [-0.39, 0.29) is 11.8 Å². The zero-order chi connectivity index (χ0) is 24.3. The van der Waals surface area contributed by atoms with Crippen LogP contribution in [0.5, 0.6) is 0 Å². The van der Waals surface area contributed by atoms with Gasteiger partial charge in [-0.25, -0.2) is 0 Å². The number of benzene rings is 2. The number of H-pyrrole nitrogens is 2. The van der Waals surface area contributed by atoms with Crippen LogP contribution in [0.2, 0.25) is 0 Å². The third-order valence-electron chi connectivity index (χ3n) is 6.16. The van der Waals surface area contributed by atoms with Crippen LogP contribution in [-0.4, -0.2) is 29.5 Å². The normalized spacial score (nSPS) is 12.2. The molecule has 2 N–H and O–H groups in total. The Hall–Kier alpha value is -2.93. The van der Waals surface area contributed by atoms with E-state index in [1.54, 1.807) is 0 Å². The second-order valence-electron chi connectivity index (χ2n) is 8.64. The van der Waals surface area contributed by atoms with Crippen molar-refractivity contribution in [2.45, 2.75) is 32.0 Å². The molecule has 0 aliphatic rings. The summed E-state index contributed by atoms with van der Waals surface area (Å²) in [6.07, 6.45) is 2.57. The minimum Gasteiger partial charge on any atom is -0.377 e. The Balaban J connectivity index is 1.46. The van der Waals surface area contributed by atoms with Gasteiger partial charge in [-0.15, -0.1) is 0 Å². The zero-order valence-corrected chi connectivity index (χ0v) is 21.2. The Morgan fingerprint density at radius 3 is 1.74 bits per heavy atom. The number of ether oxygens (including phenoxy) is 2. The number of aromatic nitrogens is 2. The average Bonchev–Trinajstić information content (AvgIpc) is 3.54. The van der Waals surface area contributed by atoms with Crippen LogP contribution in [0.1, 0.15) is 51.8 Å². The minimum atomic E-state index is 0.0515. The SMILES string of the molecule is O=Cc1ccc(C(c2ccc(Br)[nH]2)C(CCOCc2ccccc2)CCOCc2ccccc2)[nH]1. The molecule has 1 atom stereocenters. The van der Waals surface area contributed by atoms with Crippen molar-refractivity contribution in [1.82, 2.24) is 9.97 Å². The highest BCUT2D eigenvalue weighted by atomic mass is 79.9. The van der Waals surface area contributed by atoms with Crippen LogP contribution < -0.4 is 0 Å². The van der Waals surface area contributed by atoms with Gasteiger partial charge in [-0.05, 0) is 70.1 Å². The summed E-state index contributed by atoms with van der Waals surface area (Å²) in [4.78, 5) is 18.1. The predicted octanol–water partition coefficient (Wildman–Crippen LogP) is 6.88. The smallest absolute Gasteiger partial charge is 0.166 e. The molecule has 4 rings (SSSR count). The third kappa shape index (κ3) is 7.52. The van der Waals surface area contributed by atoms with Crippen molar-refractivity contribution in [3.8, 4) is 0 Å². The first-order chi connectivity index (χ1) is 17.2. The number of rotatable bonds is 14. The molecule has 4 aromatic rings. The molecule has 2 aromatic carbocycles. The molecular formula is C29H31BrN2O3. The summed E-state index contributed by atoms with van der Waals surface area (Å²) < 4.78 is 13.0. The summed E-state index contributed by atoms with van der Waals surface area (Å²) in [7, 11) is 0. The highest BCUT2D eigenvalue weighted by Crippen LogP contribution is 2.36. The summed E-state index contributed by atoms with van der Waals surface area (Å²) in [5, 5.41) is 0. The lowest BCUT2D eigenvalue weighted by Crippen LogP contribution is -2.20. The molecule has 0 amide bonds. The number of halogens is 1. The van der Waals surface area contributed by atoms with Crippen molar-refractivity contribution in [3.05, 3.63) is 118 Å². The molecule has 0 aliphatic carbocycles. The lowest BCUT2D eigenvalue weighted by atomic mass is 9.82. The average molecular weight is 535 g/mol. The van der Waals surface area contributed by atoms with Crippen LogP contribution in [-0.2, 0) is 22.7 Å². The van der Waals surface area contributed by atoms with Crippen molar-refractivity contribution in [3.63, 3.8) is 0 Å². The molecule has 1 unspecified atom stereocenters. The third-order valence-corrected chi connectivity index (χ3v) is 6.62. The van der Waals surface area contributed by atoms with E-state index < -0.39 is 0 Å². The fourth-order valence-corrected chi connectivity index (χ4v) is 4.76. The van der Waals surface area contributed by atoms with E-state index >= 15 is 0 Å². The molecule has 0 saturated carbocycles. The van der Waals surface area contributed by atoms with Crippen LogP contribution >= 0.6 is 15.9 Å². The fraction of sp³-hybridized carbons (Fsp3) is 0.276. The van der Waals surface area contributed by atoms with Gasteiger partial charge in [0, 0.05) is 30.5 Å². The highest BCUT2D eigenvalue weighted by Gasteiger charge is 2.27. The van der Waals surface area contributed by atoms with E-state index in [0.29, 0.717) is 32.1 Å². The molecular weight excluding hydrogens is 504 g/mol. The molecule has 35 heavy (non-hydrogen) atoms. The van der Waals surface area contributed by atoms with Gasteiger partial charge in [0.1, 0.15) is 0 Å². The topological polar surface area (TPSA) is 67.1 Å². The van der Waals surface area contributed by atoms with Gasteiger partial charge in [0.25, 0.3) is 0 Å². The van der Waals surface area contributed by atoms with E-state index in [1.807, 2.05) is 54.6 Å². The zero-order valence-electron chi connectivity index (χ0n) is 19.7. The number of nitrogens with one attached hydrogen (secondary N) is 2. The summed E-state index contributed by atoms with van der Waals surface area (Å²) in [5.41, 5.74) is 5.01. The van der Waals surface area contributed by atoms with Gasteiger partial charge in [-0.3, -0.25) is 4.79 Å². The maximum Gasteiger partial charge on any atom is 0.166 e. The number of aromatic amines is 2. The highest BCUT2D eigenvalue weighted by molar-refractivity contribution is 9.10. The number of carbonyl (C=O) groups is 1. The number of carbonyl (C=O) groups excluding carboxylic acids is 1. The number of aldehydes is 1. The molecule has 0 bridgehead atoms. The maximum absolute atomic E-state index is 11.4. The summed E-state index contributed by atoms with van der Waals surface area (Å²) in [6.45, 7) is 2.46. The first-order valence-electron chi connectivity index (χ1n) is 11.9. The molecule has 0 radical (unpaired) electrons. The van der Waals surface area contributed by atoms with Crippen molar-refractivity contribution in [2.75, 3.05) is 13.2 Å². The molecule has 2 heterocycles. The predicted molar refractivity (Wildman–Crippen MR) is 141 cm³/mol. The summed E-state index contributed by atoms with van der Waals surface area (Å²) in [6, 6.07) is 28.4. The van der Waals surface area contributed by atoms with Crippen molar-refractivity contribution in [1.29, 1.82) is 0 Å². The molecule has 0 spiro atoms. The van der Waals surface area contributed by atoms with Gasteiger partial charge in [-0.2, -0.15) is 0 Å². The Labute approximate surface area is 215 Å². The van der Waals surface area contributed by atoms with Gasteiger partial charge in [-0.1, -0.05) is 60.7 Å². The van der Waals surface area contributed by atoms with Crippen molar-refractivity contribution < 1.29 is 14.3 Å². The van der Waals surface area contributed by atoms with Crippen molar-refractivity contribution in [2.24, 2.45) is 5.92 Å². The number of hydrogen-bond donors (Lipinski definition) is 2. The fourth-order valence-electron chi connectivity index (χ4n) is 4.40. The van der Waals surface area contributed by atoms with E-state index in [9.17, 15) is 4.79 Å². The maximum atomic E-state index is 11.4. The molecule has 182 valence electrons. The Bertz CT molecular complexity index is 1110. The molecule has 0 aliphatic heterocycles. The number of hydrogen-bond acceptors (Lipinski definition) is 3. The van der Waals surface area contributed by atoms with E-state index in [0.717, 1.165) is 35.1 Å². The van der Waals surface area contributed by atoms with Gasteiger partial charge in [0.05, 0.1) is 23.5 Å². The van der Waals surface area contributed by atoms with Gasteiger partial charge < -0.3 is 19.4 Å². The van der Waals surface area contributed by atoms with Gasteiger partial charge in [0.2, 0.25) is 0 Å². The monoisotopic (exact) mass is 534 g/mol. The van der Waals surface area contributed by atoms with Gasteiger partial charge >= 0.3 is 0 Å². The molecule has 6 heteroatoms. The van der Waals surface area contributed by atoms with Crippen LogP contribution in [0.15, 0.2) is 89.5 Å². The first-order valence-corrected chi connectivity index (χ1v) is 12.7. The molecule has 0 saturated heterocycles. The van der Waals surface area contributed by atoms with E-state index in [2.05, 4.69) is 56.2 Å². The molecule has 5 nitrogen and oxygen atoms in total. The summed E-state index contributed by atoms with van der Waals surface area (Å²) >= 11 is 3.55. The largest absolute Gasteiger partial charge is 0.377 e. The quantitative estimate of drug-likeness (QED) is 0.137. The standard InChI is InChI=1S/C29H31BrN2O3/c30-28-14-13-27(32-28)29(26-12-11-25(19-33)31-26)24(15-17-34-20-22-7-3-1-4-8-22)16-18-35-21-23-9-5-2-6-10-23/h1-14,19,24,29,31-32H,15-18,20-21H2. The van der Waals surface area contributed by atoms with Crippen LogP contribution in [0.3, 0.4) is 0 Å². The van der Waals surface area contributed by atoms with E-state index in [1.165, 1.54) is 11.1 Å². The molecule has 2 aromatic heterocycles. The Morgan fingerprint density at radius 2 is 1.26 bits per heavy atom. The lowest BCUT2D eigenvalue weighted by Gasteiger charge is -2.26. The van der Waals surface area contributed by atoms with Crippen LogP contribution in [0.25, 0.3) is 0 Å². The van der Waals surface area contributed by atoms with Crippen molar-refractivity contribution >= 4 is 22.2 Å². The van der Waals surface area contributed by atoms with Crippen LogP contribution in [0, 0.1) is 5.92 Å². The Kier molecular flexibility index (Phi) is 9.52. The first kappa shape index (κ1) is 25.2. The second-order valence-corrected chi connectivity index (χ2v) is 9.49. The second kappa shape index (κ2) is 13.2. The summed E-state index contributed by atoms with van der Waals surface area (Å²) in [5.74, 6) is 0.292.